The van der Waals surface area contributed by atoms with Gasteiger partial charge in [-0.3, -0.25) is 4.68 Å². The Morgan fingerprint density at radius 2 is 2.24 bits per heavy atom. The molecule has 1 aromatic rings. The lowest BCUT2D eigenvalue weighted by atomic mass is 9.85. The topological polar surface area (TPSA) is 29.9 Å². The Kier molecular flexibility index (Phi) is 3.79. The summed E-state index contributed by atoms with van der Waals surface area (Å²) < 4.78 is 2.01. The minimum atomic E-state index is 0.0749. The molecule has 3 nitrogen and oxygen atoms in total. The van der Waals surface area contributed by atoms with Crippen molar-refractivity contribution in [1.82, 2.24) is 15.1 Å². The fraction of sp³-hybridized carbons (Fsp3) is 0.769. The molecule has 0 bridgehead atoms. The van der Waals surface area contributed by atoms with Gasteiger partial charge in [-0.2, -0.15) is 5.10 Å². The summed E-state index contributed by atoms with van der Waals surface area (Å²) in [5, 5.41) is 8.67. The van der Waals surface area contributed by atoms with Crippen molar-refractivity contribution in [3.8, 4) is 0 Å². The number of hydrogen-bond acceptors (Lipinski definition) is 2. The van der Waals surface area contributed by atoms with Gasteiger partial charge in [0, 0.05) is 18.0 Å². The van der Waals surface area contributed by atoms with Crippen LogP contribution in [0.15, 0.2) is 6.20 Å². The van der Waals surface area contributed by atoms with Crippen molar-refractivity contribution in [3.05, 3.63) is 16.9 Å². The van der Waals surface area contributed by atoms with Crippen LogP contribution in [-0.4, -0.2) is 22.4 Å². The van der Waals surface area contributed by atoms with E-state index in [1.165, 1.54) is 18.5 Å². The molecule has 1 aliphatic carbocycles. The van der Waals surface area contributed by atoms with Gasteiger partial charge in [0.25, 0.3) is 0 Å². The van der Waals surface area contributed by atoms with Gasteiger partial charge in [-0.25, -0.2) is 0 Å². The molecule has 2 rings (SSSR count). The summed E-state index contributed by atoms with van der Waals surface area (Å²) in [6.07, 6.45) is 5.54. The highest BCUT2D eigenvalue weighted by molar-refractivity contribution is 6.31. The average molecular weight is 256 g/mol. The molecule has 17 heavy (non-hydrogen) atoms. The number of halogens is 1. The van der Waals surface area contributed by atoms with Gasteiger partial charge in [0.2, 0.25) is 0 Å². The molecule has 1 N–H and O–H groups in total. The van der Waals surface area contributed by atoms with Crippen LogP contribution in [0.5, 0.6) is 0 Å². The van der Waals surface area contributed by atoms with E-state index in [0.29, 0.717) is 0 Å². The fourth-order valence-corrected chi connectivity index (χ4v) is 2.67. The normalized spacial score (nSPS) is 16.5. The van der Waals surface area contributed by atoms with Crippen LogP contribution in [0.1, 0.15) is 45.7 Å². The molecule has 0 aromatic carbocycles. The van der Waals surface area contributed by atoms with Crippen molar-refractivity contribution in [1.29, 1.82) is 0 Å². The number of nitrogens with zero attached hydrogens (tertiary/aromatic N) is 2. The Morgan fingerprint density at radius 1 is 1.53 bits per heavy atom. The van der Waals surface area contributed by atoms with Gasteiger partial charge >= 0.3 is 0 Å². The highest BCUT2D eigenvalue weighted by Gasteiger charge is 2.28. The number of hydrogen-bond donors (Lipinski definition) is 1. The Hall–Kier alpha value is -0.540. The van der Waals surface area contributed by atoms with Gasteiger partial charge in [-0.1, -0.05) is 25.4 Å². The van der Waals surface area contributed by atoms with Crippen LogP contribution >= 0.6 is 11.6 Å². The van der Waals surface area contributed by atoms with E-state index < -0.39 is 0 Å². The second kappa shape index (κ2) is 4.99. The second-order valence-corrected chi connectivity index (χ2v) is 5.93. The zero-order chi connectivity index (χ0) is 12.5. The predicted molar refractivity (Wildman–Crippen MR) is 71.6 cm³/mol. The molecule has 0 amide bonds. The monoisotopic (exact) mass is 255 g/mol. The first-order chi connectivity index (χ1) is 8.04. The van der Waals surface area contributed by atoms with Crippen LogP contribution in [0, 0.1) is 0 Å². The van der Waals surface area contributed by atoms with Crippen LogP contribution in [-0.2, 0) is 12.0 Å². The Balaban J connectivity index is 2.03. The summed E-state index contributed by atoms with van der Waals surface area (Å²) in [6.45, 7) is 8.53. The molecule has 0 saturated heterocycles. The maximum atomic E-state index is 6.26. The minimum Gasteiger partial charge on any atom is -0.314 e. The number of aromatic nitrogens is 2. The van der Waals surface area contributed by atoms with Gasteiger partial charge in [-0.05, 0) is 32.7 Å². The van der Waals surface area contributed by atoms with Crippen LogP contribution in [0.4, 0.5) is 0 Å². The first kappa shape index (κ1) is 12.9. The van der Waals surface area contributed by atoms with Gasteiger partial charge in [0.05, 0.1) is 16.9 Å². The molecule has 0 unspecified atom stereocenters. The van der Waals surface area contributed by atoms with Crippen molar-refractivity contribution in [3.63, 3.8) is 0 Å². The highest BCUT2D eigenvalue weighted by Crippen LogP contribution is 2.32. The van der Waals surface area contributed by atoms with E-state index in [-0.39, 0.29) is 5.41 Å². The fourth-order valence-electron chi connectivity index (χ4n) is 2.27. The number of aryl methyl sites for hydroxylation is 1. The molecule has 1 aromatic heterocycles. The predicted octanol–water partition coefficient (Wildman–Crippen LogP) is 2.98. The number of nitrogens with one attached hydrogen (secondary N) is 1. The smallest absolute Gasteiger partial charge is 0.0823 e. The number of rotatable bonds is 6. The van der Waals surface area contributed by atoms with E-state index in [0.717, 1.165) is 30.6 Å². The van der Waals surface area contributed by atoms with E-state index in [4.69, 9.17) is 11.6 Å². The van der Waals surface area contributed by atoms with Crippen LogP contribution in [0.25, 0.3) is 0 Å². The van der Waals surface area contributed by atoms with Crippen molar-refractivity contribution >= 4 is 11.6 Å². The third kappa shape index (κ3) is 3.02. The molecular weight excluding hydrogens is 234 g/mol. The molecule has 4 heteroatoms. The molecular formula is C13H22ClN3. The molecule has 0 atom stereocenters. The van der Waals surface area contributed by atoms with E-state index in [1.807, 2.05) is 4.68 Å². The summed E-state index contributed by atoms with van der Waals surface area (Å²) >= 11 is 6.26. The largest absolute Gasteiger partial charge is 0.314 e. The molecule has 1 fully saturated rings. The summed E-state index contributed by atoms with van der Waals surface area (Å²) in [5.41, 5.74) is 1.24. The zero-order valence-electron chi connectivity index (χ0n) is 11.0. The lowest BCUT2D eigenvalue weighted by Crippen LogP contribution is -2.29. The molecule has 1 heterocycles. The molecule has 1 aliphatic rings. The first-order valence-corrected chi connectivity index (χ1v) is 6.87. The standard InChI is InChI=1S/C13H22ClN3/c1-4-17-12(11(14)9-16-17)13(2,3)7-8-15-10-5-6-10/h9-10,15H,4-8H2,1-3H3. The average Bonchev–Trinajstić information content (AvgIpc) is 2.99. The highest BCUT2D eigenvalue weighted by atomic mass is 35.5. The van der Waals surface area contributed by atoms with Gasteiger partial charge < -0.3 is 5.32 Å². The second-order valence-electron chi connectivity index (χ2n) is 5.52. The molecule has 0 radical (unpaired) electrons. The van der Waals surface area contributed by atoms with Crippen LogP contribution in [0.2, 0.25) is 5.02 Å². The zero-order valence-corrected chi connectivity index (χ0v) is 11.7. The lowest BCUT2D eigenvalue weighted by molar-refractivity contribution is 0.415. The Bertz CT molecular complexity index is 380. The summed E-state index contributed by atoms with van der Waals surface area (Å²) in [4.78, 5) is 0. The lowest BCUT2D eigenvalue weighted by Gasteiger charge is -2.26. The van der Waals surface area contributed by atoms with Crippen molar-refractivity contribution in [2.75, 3.05) is 6.54 Å². The van der Waals surface area contributed by atoms with E-state index in [9.17, 15) is 0 Å². The SMILES string of the molecule is CCn1ncc(Cl)c1C(C)(C)CCNC1CC1. The van der Waals surface area contributed by atoms with E-state index in [1.54, 1.807) is 6.20 Å². The van der Waals surface area contributed by atoms with Gasteiger partial charge in [0.1, 0.15) is 0 Å². The van der Waals surface area contributed by atoms with Crippen molar-refractivity contribution in [2.45, 2.75) is 58.0 Å². The first-order valence-electron chi connectivity index (χ1n) is 6.50. The van der Waals surface area contributed by atoms with Crippen molar-refractivity contribution in [2.24, 2.45) is 0 Å². The molecule has 0 spiro atoms. The van der Waals surface area contributed by atoms with Crippen LogP contribution in [0.3, 0.4) is 0 Å². The Morgan fingerprint density at radius 3 is 2.82 bits per heavy atom. The van der Waals surface area contributed by atoms with Gasteiger partial charge in [-0.15, -0.1) is 0 Å². The third-order valence-corrected chi connectivity index (χ3v) is 3.77. The van der Waals surface area contributed by atoms with E-state index in [2.05, 4.69) is 31.2 Å². The van der Waals surface area contributed by atoms with Gasteiger partial charge in [0.15, 0.2) is 0 Å². The van der Waals surface area contributed by atoms with E-state index >= 15 is 0 Å². The summed E-state index contributed by atoms with van der Waals surface area (Å²) in [6, 6.07) is 0.775. The third-order valence-electron chi connectivity index (χ3n) is 3.50. The minimum absolute atomic E-state index is 0.0749. The maximum absolute atomic E-state index is 6.26. The summed E-state index contributed by atoms with van der Waals surface area (Å²) in [7, 11) is 0. The maximum Gasteiger partial charge on any atom is 0.0823 e. The molecule has 1 saturated carbocycles. The summed E-state index contributed by atoms with van der Waals surface area (Å²) in [5.74, 6) is 0. The van der Waals surface area contributed by atoms with Crippen LogP contribution < -0.4 is 5.32 Å². The molecule has 0 aliphatic heterocycles. The Labute approximate surface area is 109 Å². The molecule has 96 valence electrons. The van der Waals surface area contributed by atoms with Crippen molar-refractivity contribution < 1.29 is 0 Å². The quantitative estimate of drug-likeness (QED) is 0.847.